The van der Waals surface area contributed by atoms with Crippen LogP contribution in [0.5, 0.6) is 0 Å². The van der Waals surface area contributed by atoms with E-state index in [1.165, 1.54) is 0 Å². The Morgan fingerprint density at radius 2 is 1.69 bits per heavy atom. The molecule has 1 fully saturated rings. The number of carbonyl (C=O) groups excluding carboxylic acids is 2. The van der Waals surface area contributed by atoms with Gasteiger partial charge in [0.25, 0.3) is 0 Å². The minimum atomic E-state index is -0.0728. The van der Waals surface area contributed by atoms with Gasteiger partial charge in [-0.05, 0) is 46.0 Å². The van der Waals surface area contributed by atoms with Crippen molar-refractivity contribution < 1.29 is 14.3 Å². The average Bonchev–Trinajstić information content (AvgIpc) is 2.28. The minimum absolute atomic E-state index is 0.0121. The van der Waals surface area contributed by atoms with Crippen LogP contribution in [0.25, 0.3) is 0 Å². The van der Waals surface area contributed by atoms with Crippen LogP contribution in [-0.4, -0.2) is 17.9 Å². The molecule has 1 unspecified atom stereocenters. The van der Waals surface area contributed by atoms with Crippen molar-refractivity contribution in [2.75, 3.05) is 0 Å². The topological polar surface area (TPSA) is 43.4 Å². The fraction of sp³-hybridized carbons (Fsp3) is 0.846. The molecule has 0 spiro atoms. The molecule has 3 heteroatoms. The Kier molecular flexibility index (Phi) is 4.97. The fourth-order valence-electron chi connectivity index (χ4n) is 2.11. The molecular formula is C13H22O3. The predicted molar refractivity (Wildman–Crippen MR) is 62.0 cm³/mol. The number of esters is 1. The van der Waals surface area contributed by atoms with Gasteiger partial charge in [0.05, 0.1) is 12.0 Å². The molecule has 16 heavy (non-hydrogen) atoms. The number of Topliss-reactive ketones (excluding diaryl/α,β-unsaturated/α-hetero) is 1. The summed E-state index contributed by atoms with van der Waals surface area (Å²) in [6.45, 7) is 5.56. The maximum Gasteiger partial charge on any atom is 0.309 e. The summed E-state index contributed by atoms with van der Waals surface area (Å²) in [4.78, 5) is 22.9. The largest absolute Gasteiger partial charge is 0.462 e. The summed E-state index contributed by atoms with van der Waals surface area (Å²) in [5.74, 6) is 0.377. The van der Waals surface area contributed by atoms with Crippen molar-refractivity contribution in [3.8, 4) is 0 Å². The first-order valence-corrected chi connectivity index (χ1v) is 6.25. The summed E-state index contributed by atoms with van der Waals surface area (Å²) in [6.07, 6.45) is 4.16. The third-order valence-electron chi connectivity index (χ3n) is 3.53. The predicted octanol–water partition coefficient (Wildman–Crippen LogP) is 2.72. The van der Waals surface area contributed by atoms with Crippen LogP contribution in [-0.2, 0) is 14.3 Å². The molecule has 0 aromatic carbocycles. The summed E-state index contributed by atoms with van der Waals surface area (Å²) in [6, 6.07) is 0. The Labute approximate surface area is 97.5 Å². The first kappa shape index (κ1) is 13.2. The first-order valence-electron chi connectivity index (χ1n) is 6.25. The third-order valence-corrected chi connectivity index (χ3v) is 3.53. The molecule has 0 bridgehead atoms. The second-order valence-corrected chi connectivity index (χ2v) is 4.81. The molecule has 0 aliphatic heterocycles. The van der Waals surface area contributed by atoms with Crippen molar-refractivity contribution in [3.63, 3.8) is 0 Å². The fourth-order valence-corrected chi connectivity index (χ4v) is 2.11. The number of hydrogen-bond donors (Lipinski definition) is 0. The SMILES string of the molecule is CCC(C)OC(=O)C1CCC(C(C)=O)CC1. The summed E-state index contributed by atoms with van der Waals surface area (Å²) >= 11 is 0. The summed E-state index contributed by atoms with van der Waals surface area (Å²) < 4.78 is 5.31. The number of carbonyl (C=O) groups is 2. The summed E-state index contributed by atoms with van der Waals surface area (Å²) in [5.41, 5.74) is 0. The van der Waals surface area contributed by atoms with Gasteiger partial charge >= 0.3 is 5.97 Å². The van der Waals surface area contributed by atoms with Crippen molar-refractivity contribution in [3.05, 3.63) is 0 Å². The quantitative estimate of drug-likeness (QED) is 0.692. The Morgan fingerprint density at radius 1 is 1.19 bits per heavy atom. The van der Waals surface area contributed by atoms with E-state index in [9.17, 15) is 9.59 Å². The molecule has 1 aliphatic carbocycles. The summed E-state index contributed by atoms with van der Waals surface area (Å²) in [5, 5.41) is 0. The van der Waals surface area contributed by atoms with Gasteiger partial charge in [-0.1, -0.05) is 6.92 Å². The number of ketones is 1. The van der Waals surface area contributed by atoms with Gasteiger partial charge in [-0.15, -0.1) is 0 Å². The van der Waals surface area contributed by atoms with Crippen LogP contribution >= 0.6 is 0 Å². The molecule has 0 amide bonds. The smallest absolute Gasteiger partial charge is 0.309 e. The zero-order valence-electron chi connectivity index (χ0n) is 10.5. The van der Waals surface area contributed by atoms with Gasteiger partial charge in [0, 0.05) is 5.92 Å². The van der Waals surface area contributed by atoms with Gasteiger partial charge in [0.2, 0.25) is 0 Å². The zero-order valence-corrected chi connectivity index (χ0v) is 10.5. The maximum absolute atomic E-state index is 11.7. The van der Waals surface area contributed by atoms with Crippen LogP contribution < -0.4 is 0 Å². The molecular weight excluding hydrogens is 204 g/mol. The maximum atomic E-state index is 11.7. The van der Waals surface area contributed by atoms with Crippen LogP contribution in [0.15, 0.2) is 0 Å². The molecule has 1 atom stereocenters. The highest BCUT2D eigenvalue weighted by atomic mass is 16.5. The van der Waals surface area contributed by atoms with E-state index >= 15 is 0 Å². The molecule has 0 N–H and O–H groups in total. The lowest BCUT2D eigenvalue weighted by Crippen LogP contribution is -2.28. The van der Waals surface area contributed by atoms with E-state index in [-0.39, 0.29) is 29.7 Å². The number of rotatable bonds is 4. The van der Waals surface area contributed by atoms with E-state index < -0.39 is 0 Å². The summed E-state index contributed by atoms with van der Waals surface area (Å²) in [7, 11) is 0. The molecule has 0 aromatic rings. The number of ether oxygens (including phenoxy) is 1. The molecule has 0 heterocycles. The van der Waals surface area contributed by atoms with Gasteiger partial charge in [0.15, 0.2) is 0 Å². The van der Waals surface area contributed by atoms with Crippen molar-refractivity contribution >= 4 is 11.8 Å². The van der Waals surface area contributed by atoms with Gasteiger partial charge in [-0.3, -0.25) is 9.59 Å². The van der Waals surface area contributed by atoms with E-state index in [4.69, 9.17) is 4.74 Å². The molecule has 0 radical (unpaired) electrons. The Balaban J connectivity index is 2.36. The van der Waals surface area contributed by atoms with E-state index in [1.807, 2.05) is 13.8 Å². The lowest BCUT2D eigenvalue weighted by Gasteiger charge is -2.26. The van der Waals surface area contributed by atoms with Crippen LogP contribution in [0.3, 0.4) is 0 Å². The van der Waals surface area contributed by atoms with E-state index in [0.29, 0.717) is 0 Å². The monoisotopic (exact) mass is 226 g/mol. The lowest BCUT2D eigenvalue weighted by atomic mass is 9.80. The van der Waals surface area contributed by atoms with E-state index in [2.05, 4.69) is 0 Å². The van der Waals surface area contributed by atoms with E-state index in [0.717, 1.165) is 32.1 Å². The molecule has 1 rings (SSSR count). The average molecular weight is 226 g/mol. The first-order chi connectivity index (χ1) is 7.54. The van der Waals surface area contributed by atoms with Gasteiger partial charge in [0.1, 0.15) is 5.78 Å². The lowest BCUT2D eigenvalue weighted by molar-refractivity contribution is -0.155. The second kappa shape index (κ2) is 6.02. The minimum Gasteiger partial charge on any atom is -0.462 e. The van der Waals surface area contributed by atoms with Gasteiger partial charge in [-0.25, -0.2) is 0 Å². The molecule has 0 aromatic heterocycles. The molecule has 1 aliphatic rings. The Bertz CT molecular complexity index is 252. The standard InChI is InChI=1S/C13H22O3/c1-4-9(2)16-13(15)12-7-5-11(6-8-12)10(3)14/h9,11-12H,4-8H2,1-3H3. The zero-order chi connectivity index (χ0) is 12.1. The molecule has 92 valence electrons. The molecule has 3 nitrogen and oxygen atoms in total. The highest BCUT2D eigenvalue weighted by Gasteiger charge is 2.29. The van der Waals surface area contributed by atoms with Crippen LogP contribution in [0, 0.1) is 11.8 Å². The Hall–Kier alpha value is -0.860. The van der Waals surface area contributed by atoms with Gasteiger partial charge < -0.3 is 4.74 Å². The van der Waals surface area contributed by atoms with Crippen LogP contribution in [0.4, 0.5) is 0 Å². The molecule has 1 saturated carbocycles. The van der Waals surface area contributed by atoms with Crippen molar-refractivity contribution in [2.24, 2.45) is 11.8 Å². The van der Waals surface area contributed by atoms with Crippen molar-refractivity contribution in [1.29, 1.82) is 0 Å². The van der Waals surface area contributed by atoms with Gasteiger partial charge in [-0.2, -0.15) is 0 Å². The Morgan fingerprint density at radius 3 is 2.12 bits per heavy atom. The van der Waals surface area contributed by atoms with Crippen molar-refractivity contribution in [1.82, 2.24) is 0 Å². The molecule has 0 saturated heterocycles. The van der Waals surface area contributed by atoms with Crippen LogP contribution in [0.1, 0.15) is 52.9 Å². The van der Waals surface area contributed by atoms with Crippen molar-refractivity contribution in [2.45, 2.75) is 59.0 Å². The number of hydrogen-bond acceptors (Lipinski definition) is 3. The van der Waals surface area contributed by atoms with E-state index in [1.54, 1.807) is 6.92 Å². The highest BCUT2D eigenvalue weighted by Crippen LogP contribution is 2.30. The third kappa shape index (κ3) is 3.62. The highest BCUT2D eigenvalue weighted by molar-refractivity contribution is 5.79. The van der Waals surface area contributed by atoms with Crippen LogP contribution in [0.2, 0.25) is 0 Å². The normalized spacial score (nSPS) is 27.2. The second-order valence-electron chi connectivity index (χ2n) is 4.81.